The van der Waals surface area contributed by atoms with E-state index in [1.165, 1.54) is 25.9 Å². The van der Waals surface area contributed by atoms with Crippen molar-refractivity contribution >= 4 is 0 Å². The molecule has 0 spiro atoms. The summed E-state index contributed by atoms with van der Waals surface area (Å²) in [5.74, 6) is 2.69. The Bertz CT molecular complexity index is 425. The second-order valence-corrected chi connectivity index (χ2v) is 7.75. The molecule has 0 atom stereocenters. The lowest BCUT2D eigenvalue weighted by Gasteiger charge is -2.33. The maximum absolute atomic E-state index is 5.48. The summed E-state index contributed by atoms with van der Waals surface area (Å²) >= 11 is 0. The van der Waals surface area contributed by atoms with Crippen LogP contribution in [0.1, 0.15) is 58.9 Å². The molecule has 1 aliphatic rings. The van der Waals surface area contributed by atoms with Gasteiger partial charge in [0.15, 0.2) is 5.76 Å². The van der Waals surface area contributed by atoms with Crippen molar-refractivity contribution in [2.24, 2.45) is 11.8 Å². The molecule has 4 nitrogen and oxygen atoms in total. The number of nitrogens with one attached hydrogen (secondary N) is 1. The minimum absolute atomic E-state index is 0.109. The zero-order valence-corrected chi connectivity index (χ0v) is 14.3. The van der Waals surface area contributed by atoms with Crippen molar-refractivity contribution in [2.75, 3.05) is 13.1 Å². The molecule has 0 saturated carbocycles. The van der Waals surface area contributed by atoms with E-state index in [1.807, 2.05) is 0 Å². The van der Waals surface area contributed by atoms with Crippen molar-refractivity contribution in [2.45, 2.75) is 66.1 Å². The Labute approximate surface area is 129 Å². The van der Waals surface area contributed by atoms with Gasteiger partial charge in [-0.2, -0.15) is 0 Å². The quantitative estimate of drug-likeness (QED) is 0.903. The lowest BCUT2D eigenvalue weighted by molar-refractivity contribution is 0.140. The van der Waals surface area contributed by atoms with E-state index in [0.29, 0.717) is 0 Å². The summed E-state index contributed by atoms with van der Waals surface area (Å²) in [4.78, 5) is 2.49. The van der Waals surface area contributed by atoms with Crippen LogP contribution in [0.4, 0.5) is 0 Å². The molecule has 2 heterocycles. The number of likely N-dealkylation sites (tertiary alicyclic amines) is 1. The van der Waals surface area contributed by atoms with Gasteiger partial charge in [-0.05, 0) is 58.5 Å². The van der Waals surface area contributed by atoms with E-state index < -0.39 is 0 Å². The van der Waals surface area contributed by atoms with Gasteiger partial charge in [0.25, 0.3) is 0 Å². The van der Waals surface area contributed by atoms with E-state index >= 15 is 0 Å². The van der Waals surface area contributed by atoms with Gasteiger partial charge < -0.3 is 9.84 Å². The molecular weight excluding hydrogens is 262 g/mol. The van der Waals surface area contributed by atoms with E-state index in [4.69, 9.17) is 4.52 Å². The summed E-state index contributed by atoms with van der Waals surface area (Å²) in [5, 5.41) is 7.60. The molecule has 1 N–H and O–H groups in total. The second-order valence-electron chi connectivity index (χ2n) is 7.75. The molecule has 1 fully saturated rings. The van der Waals surface area contributed by atoms with Gasteiger partial charge >= 0.3 is 0 Å². The number of hydrogen-bond acceptors (Lipinski definition) is 4. The van der Waals surface area contributed by atoms with Gasteiger partial charge in [0.05, 0.1) is 12.2 Å². The highest BCUT2D eigenvalue weighted by molar-refractivity contribution is 5.05. The molecule has 120 valence electrons. The minimum Gasteiger partial charge on any atom is -0.360 e. The Balaban J connectivity index is 1.78. The molecule has 1 aliphatic heterocycles. The molecule has 2 rings (SSSR count). The Morgan fingerprint density at radius 3 is 2.57 bits per heavy atom. The Morgan fingerprint density at radius 2 is 2.00 bits per heavy atom. The van der Waals surface area contributed by atoms with E-state index in [1.54, 1.807) is 0 Å². The highest BCUT2D eigenvalue weighted by atomic mass is 16.5. The van der Waals surface area contributed by atoms with Crippen molar-refractivity contribution < 1.29 is 4.52 Å². The summed E-state index contributed by atoms with van der Waals surface area (Å²) in [7, 11) is 0. The molecule has 0 aliphatic carbocycles. The zero-order valence-electron chi connectivity index (χ0n) is 14.3. The molecule has 1 saturated heterocycles. The van der Waals surface area contributed by atoms with Gasteiger partial charge in [0.1, 0.15) is 0 Å². The molecule has 0 radical (unpaired) electrons. The Hall–Kier alpha value is -0.870. The maximum atomic E-state index is 5.48. The fourth-order valence-electron chi connectivity index (χ4n) is 2.87. The number of nitrogens with zero attached hydrogens (tertiary/aromatic N) is 2. The first-order valence-electron chi connectivity index (χ1n) is 8.25. The molecule has 1 aromatic rings. The lowest BCUT2D eigenvalue weighted by Crippen LogP contribution is -2.35. The SMILES string of the molecule is CC(C)C1CCN(Cc2cc(CNC(C)(C)C)no2)CC1. The fraction of sp³-hybridized carbons (Fsp3) is 0.824. The van der Waals surface area contributed by atoms with Gasteiger partial charge in [0, 0.05) is 18.2 Å². The topological polar surface area (TPSA) is 41.3 Å². The largest absolute Gasteiger partial charge is 0.360 e. The summed E-state index contributed by atoms with van der Waals surface area (Å²) < 4.78 is 5.48. The molecule has 0 aromatic carbocycles. The molecule has 1 aromatic heterocycles. The minimum atomic E-state index is 0.109. The predicted molar refractivity (Wildman–Crippen MR) is 85.9 cm³/mol. The Morgan fingerprint density at radius 1 is 1.33 bits per heavy atom. The fourth-order valence-corrected chi connectivity index (χ4v) is 2.87. The number of piperidine rings is 1. The van der Waals surface area contributed by atoms with Crippen molar-refractivity contribution in [3.8, 4) is 0 Å². The standard InChI is InChI=1S/C17H31N3O/c1-13(2)14-6-8-20(9-7-14)12-16-10-15(19-21-16)11-18-17(3,4)5/h10,13-14,18H,6-9,11-12H2,1-5H3. The lowest BCUT2D eigenvalue weighted by atomic mass is 9.87. The summed E-state index contributed by atoms with van der Waals surface area (Å²) in [6.07, 6.45) is 2.62. The maximum Gasteiger partial charge on any atom is 0.151 e. The van der Waals surface area contributed by atoms with Gasteiger partial charge in [-0.3, -0.25) is 4.90 Å². The van der Waals surface area contributed by atoms with E-state index in [0.717, 1.165) is 36.4 Å². The average Bonchev–Trinajstić information content (AvgIpc) is 2.84. The van der Waals surface area contributed by atoms with Crippen LogP contribution in [0.15, 0.2) is 10.6 Å². The van der Waals surface area contributed by atoms with Gasteiger partial charge in [0.2, 0.25) is 0 Å². The summed E-state index contributed by atoms with van der Waals surface area (Å²) in [5.41, 5.74) is 1.11. The molecule has 0 bridgehead atoms. The summed E-state index contributed by atoms with van der Waals surface area (Å²) in [6, 6.07) is 2.09. The molecule has 0 unspecified atom stereocenters. The zero-order chi connectivity index (χ0) is 15.5. The third-order valence-corrected chi connectivity index (χ3v) is 4.36. The van der Waals surface area contributed by atoms with E-state index in [2.05, 4.69) is 56.1 Å². The first kappa shape index (κ1) is 16.5. The molecule has 4 heteroatoms. The normalized spacial score (nSPS) is 18.6. The van der Waals surface area contributed by atoms with Gasteiger partial charge in [-0.15, -0.1) is 0 Å². The van der Waals surface area contributed by atoms with E-state index in [9.17, 15) is 0 Å². The van der Waals surface area contributed by atoms with Crippen molar-refractivity contribution in [1.29, 1.82) is 0 Å². The average molecular weight is 293 g/mol. The van der Waals surface area contributed by atoms with Crippen LogP contribution in [-0.4, -0.2) is 28.7 Å². The van der Waals surface area contributed by atoms with Crippen molar-refractivity contribution in [1.82, 2.24) is 15.4 Å². The van der Waals surface area contributed by atoms with Crippen LogP contribution >= 0.6 is 0 Å². The second kappa shape index (κ2) is 6.93. The third kappa shape index (κ3) is 5.44. The van der Waals surface area contributed by atoms with Crippen LogP contribution in [0.5, 0.6) is 0 Å². The molecule has 21 heavy (non-hydrogen) atoms. The smallest absolute Gasteiger partial charge is 0.151 e. The monoisotopic (exact) mass is 293 g/mol. The highest BCUT2D eigenvalue weighted by Crippen LogP contribution is 2.25. The highest BCUT2D eigenvalue weighted by Gasteiger charge is 2.22. The Kier molecular flexibility index (Phi) is 5.44. The van der Waals surface area contributed by atoms with E-state index in [-0.39, 0.29) is 5.54 Å². The number of hydrogen-bond donors (Lipinski definition) is 1. The summed E-state index contributed by atoms with van der Waals surface area (Å²) in [6.45, 7) is 15.2. The predicted octanol–water partition coefficient (Wildman–Crippen LogP) is 3.43. The molecular formula is C17H31N3O. The third-order valence-electron chi connectivity index (χ3n) is 4.36. The van der Waals surface area contributed by atoms with Crippen LogP contribution in [-0.2, 0) is 13.1 Å². The van der Waals surface area contributed by atoms with Gasteiger partial charge in [-0.1, -0.05) is 19.0 Å². The van der Waals surface area contributed by atoms with Crippen LogP contribution < -0.4 is 5.32 Å². The van der Waals surface area contributed by atoms with Crippen LogP contribution in [0.3, 0.4) is 0 Å². The van der Waals surface area contributed by atoms with Crippen LogP contribution in [0.25, 0.3) is 0 Å². The van der Waals surface area contributed by atoms with Crippen molar-refractivity contribution in [3.05, 3.63) is 17.5 Å². The number of aromatic nitrogens is 1. The van der Waals surface area contributed by atoms with Crippen LogP contribution in [0.2, 0.25) is 0 Å². The first-order valence-corrected chi connectivity index (χ1v) is 8.25. The number of rotatable bonds is 5. The van der Waals surface area contributed by atoms with Crippen molar-refractivity contribution in [3.63, 3.8) is 0 Å². The first-order chi connectivity index (χ1) is 9.83. The molecule has 0 amide bonds. The van der Waals surface area contributed by atoms with Gasteiger partial charge in [-0.25, -0.2) is 0 Å². The van der Waals surface area contributed by atoms with Crippen LogP contribution in [0, 0.1) is 11.8 Å².